The normalized spacial score (nSPS) is 14.9. The molecule has 0 radical (unpaired) electrons. The summed E-state index contributed by atoms with van der Waals surface area (Å²) in [6, 6.07) is 7.11. The molecule has 0 saturated carbocycles. The lowest BCUT2D eigenvalue weighted by atomic mass is 10.0. The second kappa shape index (κ2) is 7.72. The molecule has 26 heavy (non-hydrogen) atoms. The van der Waals surface area contributed by atoms with Crippen LogP contribution in [0.5, 0.6) is 5.75 Å². The lowest BCUT2D eigenvalue weighted by Crippen LogP contribution is -2.32. The fourth-order valence-corrected chi connectivity index (χ4v) is 3.42. The summed E-state index contributed by atoms with van der Waals surface area (Å²) in [6.07, 6.45) is 3.54. The van der Waals surface area contributed by atoms with Crippen molar-refractivity contribution >= 4 is 5.91 Å². The molecule has 138 valence electrons. The molecule has 1 N–H and O–H groups in total. The van der Waals surface area contributed by atoms with Gasteiger partial charge in [0.25, 0.3) is 11.5 Å². The summed E-state index contributed by atoms with van der Waals surface area (Å²) >= 11 is 0. The number of rotatable bonds is 4. The summed E-state index contributed by atoms with van der Waals surface area (Å²) in [4.78, 5) is 25.4. The van der Waals surface area contributed by atoms with Gasteiger partial charge in [-0.05, 0) is 43.9 Å². The number of pyridine rings is 1. The van der Waals surface area contributed by atoms with E-state index >= 15 is 0 Å². The molecule has 1 aliphatic heterocycles. The number of nitrogens with one attached hydrogen (secondary N) is 1. The first-order valence-corrected chi connectivity index (χ1v) is 8.88. The lowest BCUT2D eigenvalue weighted by molar-refractivity contribution is 0.0934. The van der Waals surface area contributed by atoms with Gasteiger partial charge in [-0.2, -0.15) is 0 Å². The number of ether oxygens (including phenoxy) is 1. The Balaban J connectivity index is 1.95. The highest BCUT2D eigenvalue weighted by Gasteiger charge is 2.24. The van der Waals surface area contributed by atoms with Crippen molar-refractivity contribution < 1.29 is 13.9 Å². The third-order valence-electron chi connectivity index (χ3n) is 4.84. The molecular weight excluding hydrogens is 335 g/mol. The number of hydrogen-bond donors (Lipinski definition) is 1. The topological polar surface area (TPSA) is 60.3 Å². The van der Waals surface area contributed by atoms with Gasteiger partial charge in [0.15, 0.2) is 0 Å². The van der Waals surface area contributed by atoms with Gasteiger partial charge in [-0.1, -0.05) is 18.6 Å². The molecule has 6 heteroatoms. The first-order chi connectivity index (χ1) is 12.5. The van der Waals surface area contributed by atoms with Gasteiger partial charge in [0.05, 0.1) is 13.2 Å². The minimum Gasteiger partial charge on any atom is -0.496 e. The van der Waals surface area contributed by atoms with E-state index in [4.69, 9.17) is 4.74 Å². The van der Waals surface area contributed by atoms with Crippen LogP contribution in [0, 0.1) is 5.82 Å². The third-order valence-corrected chi connectivity index (χ3v) is 4.84. The summed E-state index contributed by atoms with van der Waals surface area (Å²) in [5.41, 5.74) is 1.82. The highest BCUT2D eigenvalue weighted by atomic mass is 19.1. The monoisotopic (exact) mass is 358 g/mol. The van der Waals surface area contributed by atoms with Crippen molar-refractivity contribution in [3.8, 4) is 5.75 Å². The standard InChI is InChI=1S/C20H23FN2O3/c1-13(14-7-9-15(21)10-8-14)22-20(25)19-16-6-4-3-5-11-23(16)18(24)12-17(19)26-2/h7-10,12-13H,3-6,11H2,1-2H3,(H,22,25). The van der Waals surface area contributed by atoms with Gasteiger partial charge in [0.1, 0.15) is 17.1 Å². The Labute approximate surface area is 151 Å². The van der Waals surface area contributed by atoms with Gasteiger partial charge in [0.2, 0.25) is 0 Å². The number of fused-ring (bicyclic) bond motifs is 1. The number of aromatic nitrogens is 1. The molecule has 1 unspecified atom stereocenters. The zero-order valence-electron chi connectivity index (χ0n) is 15.0. The number of halogens is 1. The molecule has 1 atom stereocenters. The Bertz CT molecular complexity index is 859. The van der Waals surface area contributed by atoms with Crippen LogP contribution in [0.3, 0.4) is 0 Å². The van der Waals surface area contributed by atoms with E-state index in [0.717, 1.165) is 30.5 Å². The molecule has 0 spiro atoms. The van der Waals surface area contributed by atoms with E-state index in [2.05, 4.69) is 5.32 Å². The summed E-state index contributed by atoms with van der Waals surface area (Å²) in [5, 5.41) is 2.94. The van der Waals surface area contributed by atoms with E-state index in [9.17, 15) is 14.0 Å². The van der Waals surface area contributed by atoms with Crippen LogP contribution in [-0.2, 0) is 13.0 Å². The Morgan fingerprint density at radius 2 is 1.96 bits per heavy atom. The van der Waals surface area contributed by atoms with Crippen molar-refractivity contribution in [2.45, 2.75) is 45.2 Å². The second-order valence-corrected chi connectivity index (χ2v) is 6.58. The third kappa shape index (κ3) is 3.64. The van der Waals surface area contributed by atoms with E-state index in [1.165, 1.54) is 25.3 Å². The Kier molecular flexibility index (Phi) is 5.40. The summed E-state index contributed by atoms with van der Waals surface area (Å²) in [7, 11) is 1.46. The van der Waals surface area contributed by atoms with Crippen LogP contribution in [-0.4, -0.2) is 17.6 Å². The Morgan fingerprint density at radius 3 is 2.65 bits per heavy atom. The fraction of sp³-hybridized carbons (Fsp3) is 0.400. The molecule has 0 fully saturated rings. The molecule has 1 aliphatic rings. The minimum absolute atomic E-state index is 0.137. The smallest absolute Gasteiger partial charge is 0.257 e. The molecule has 1 amide bonds. The summed E-state index contributed by atoms with van der Waals surface area (Å²) < 4.78 is 20.1. The van der Waals surface area contributed by atoms with E-state index in [1.54, 1.807) is 16.7 Å². The quantitative estimate of drug-likeness (QED) is 0.913. The van der Waals surface area contributed by atoms with E-state index in [1.807, 2.05) is 6.92 Å². The molecule has 0 bridgehead atoms. The zero-order valence-corrected chi connectivity index (χ0v) is 15.0. The predicted molar refractivity (Wildman–Crippen MR) is 97.1 cm³/mol. The van der Waals surface area contributed by atoms with Gasteiger partial charge < -0.3 is 14.6 Å². The number of nitrogens with zero attached hydrogens (tertiary/aromatic N) is 1. The van der Waals surface area contributed by atoms with Crippen molar-refractivity contribution in [3.63, 3.8) is 0 Å². The first-order valence-electron chi connectivity index (χ1n) is 8.88. The summed E-state index contributed by atoms with van der Waals surface area (Å²) in [6.45, 7) is 2.46. The van der Waals surface area contributed by atoms with Crippen molar-refractivity contribution in [1.29, 1.82) is 0 Å². The van der Waals surface area contributed by atoms with Crippen LogP contribution in [0.4, 0.5) is 4.39 Å². The van der Waals surface area contributed by atoms with Crippen LogP contribution < -0.4 is 15.6 Å². The van der Waals surface area contributed by atoms with E-state index < -0.39 is 0 Å². The van der Waals surface area contributed by atoms with E-state index in [-0.39, 0.29) is 23.3 Å². The number of hydrogen-bond acceptors (Lipinski definition) is 3. The first kappa shape index (κ1) is 18.2. The molecular formula is C20H23FN2O3. The molecule has 1 aromatic heterocycles. The van der Waals surface area contributed by atoms with Gasteiger partial charge >= 0.3 is 0 Å². The molecule has 3 rings (SSSR count). The van der Waals surface area contributed by atoms with Crippen LogP contribution in [0.15, 0.2) is 35.1 Å². The maximum Gasteiger partial charge on any atom is 0.257 e. The maximum absolute atomic E-state index is 13.1. The maximum atomic E-state index is 13.1. The lowest BCUT2D eigenvalue weighted by Gasteiger charge is -2.20. The highest BCUT2D eigenvalue weighted by molar-refractivity contribution is 5.98. The molecule has 2 heterocycles. The van der Waals surface area contributed by atoms with Crippen LogP contribution >= 0.6 is 0 Å². The largest absolute Gasteiger partial charge is 0.496 e. The molecule has 5 nitrogen and oxygen atoms in total. The highest BCUT2D eigenvalue weighted by Crippen LogP contribution is 2.25. The minimum atomic E-state index is -0.318. The predicted octanol–water partition coefficient (Wildman–Crippen LogP) is 3.21. The number of amides is 1. The van der Waals surface area contributed by atoms with Crippen LogP contribution in [0.1, 0.15) is 53.8 Å². The van der Waals surface area contributed by atoms with Crippen molar-refractivity contribution in [2.75, 3.05) is 7.11 Å². The average Bonchev–Trinajstić information content (AvgIpc) is 2.88. The Hall–Kier alpha value is -2.63. The second-order valence-electron chi connectivity index (χ2n) is 6.58. The molecule has 0 aliphatic carbocycles. The van der Waals surface area contributed by atoms with Gasteiger partial charge in [-0.15, -0.1) is 0 Å². The molecule has 0 saturated heterocycles. The van der Waals surface area contributed by atoms with Crippen molar-refractivity contribution in [1.82, 2.24) is 9.88 Å². The fourth-order valence-electron chi connectivity index (χ4n) is 3.42. The Morgan fingerprint density at radius 1 is 1.23 bits per heavy atom. The number of methoxy groups -OCH3 is 1. The zero-order chi connectivity index (χ0) is 18.7. The SMILES string of the molecule is COc1cc(=O)n2c(c1C(=O)NC(C)c1ccc(F)cc1)CCCCC2. The van der Waals surface area contributed by atoms with Crippen LogP contribution in [0.25, 0.3) is 0 Å². The molecule has 1 aromatic carbocycles. The van der Waals surface area contributed by atoms with E-state index in [0.29, 0.717) is 24.3 Å². The summed E-state index contributed by atoms with van der Waals surface area (Å²) in [5.74, 6) is -0.307. The van der Waals surface area contributed by atoms with Gasteiger partial charge in [0, 0.05) is 18.3 Å². The van der Waals surface area contributed by atoms with Crippen LogP contribution in [0.2, 0.25) is 0 Å². The number of carbonyl (C=O) groups is 1. The number of carbonyl (C=O) groups excluding carboxylic acids is 1. The van der Waals surface area contributed by atoms with Crippen molar-refractivity contribution in [3.05, 3.63) is 63.3 Å². The van der Waals surface area contributed by atoms with Gasteiger partial charge in [-0.25, -0.2) is 4.39 Å². The van der Waals surface area contributed by atoms with Crippen molar-refractivity contribution in [2.24, 2.45) is 0 Å². The molecule has 2 aromatic rings. The number of benzene rings is 1. The average molecular weight is 358 g/mol. The van der Waals surface area contributed by atoms with Gasteiger partial charge in [-0.3, -0.25) is 9.59 Å².